The maximum atomic E-state index is 6.56. The molecule has 1 aliphatic carbocycles. The first-order valence-corrected chi connectivity index (χ1v) is 9.15. The maximum absolute atomic E-state index is 6.56. The molecule has 3 heteroatoms. The van der Waals surface area contributed by atoms with Crippen LogP contribution in [0.4, 0.5) is 0 Å². The molecule has 1 aliphatic rings. The Morgan fingerprint density at radius 3 is 2.67 bits per heavy atom. The summed E-state index contributed by atoms with van der Waals surface area (Å²) in [6.07, 6.45) is 4.97. The Bertz CT molecular complexity index is 454. The number of ether oxygens (including phenoxy) is 1. The van der Waals surface area contributed by atoms with E-state index in [9.17, 15) is 0 Å². The molecule has 120 valence electrons. The Hall–Kier alpha value is -0.380. The van der Waals surface area contributed by atoms with Gasteiger partial charge in [-0.3, -0.25) is 0 Å². The fourth-order valence-corrected chi connectivity index (χ4v) is 4.85. The second-order valence-electron chi connectivity index (χ2n) is 7.63. The van der Waals surface area contributed by atoms with Gasteiger partial charge in [-0.05, 0) is 60.9 Å². The standard InChI is InChI=1S/C18H31NOS/c1-6-15(19)16(17-13(3)7-8-21-17)20-14-9-12(2)10-18(4,5)11-14/h7-8,12,14-16H,6,9-11,19H2,1-5H3. The third-order valence-electron chi connectivity index (χ3n) is 4.71. The SMILES string of the molecule is CCC(N)C(OC1CC(C)CC(C)(C)C1)c1sccc1C. The lowest BCUT2D eigenvalue weighted by Gasteiger charge is -2.40. The van der Waals surface area contributed by atoms with Gasteiger partial charge in [-0.25, -0.2) is 0 Å². The summed E-state index contributed by atoms with van der Waals surface area (Å²) >= 11 is 1.79. The van der Waals surface area contributed by atoms with E-state index in [4.69, 9.17) is 10.5 Å². The van der Waals surface area contributed by atoms with Crippen LogP contribution in [0.1, 0.15) is 69.9 Å². The molecule has 4 unspecified atom stereocenters. The molecule has 0 spiro atoms. The Labute approximate surface area is 134 Å². The first kappa shape index (κ1) is 17.0. The van der Waals surface area contributed by atoms with Crippen LogP contribution in [-0.2, 0) is 4.74 Å². The minimum Gasteiger partial charge on any atom is -0.368 e. The highest BCUT2D eigenvalue weighted by Crippen LogP contribution is 2.42. The number of nitrogens with two attached hydrogens (primary N) is 1. The van der Waals surface area contributed by atoms with Gasteiger partial charge in [-0.2, -0.15) is 0 Å². The molecule has 1 fully saturated rings. The minimum atomic E-state index is 0.0566. The molecule has 0 amide bonds. The second-order valence-corrected chi connectivity index (χ2v) is 8.58. The molecule has 2 N–H and O–H groups in total. The zero-order valence-corrected chi connectivity index (χ0v) is 15.0. The molecule has 4 atom stereocenters. The second kappa shape index (κ2) is 6.80. The fraction of sp³-hybridized carbons (Fsp3) is 0.778. The van der Waals surface area contributed by atoms with E-state index in [1.54, 1.807) is 11.3 Å². The fourth-order valence-electron chi connectivity index (χ4n) is 3.82. The first-order valence-electron chi connectivity index (χ1n) is 8.27. The normalized spacial score (nSPS) is 28.3. The predicted molar refractivity (Wildman–Crippen MR) is 91.7 cm³/mol. The summed E-state index contributed by atoms with van der Waals surface area (Å²) in [7, 11) is 0. The van der Waals surface area contributed by atoms with Gasteiger partial charge >= 0.3 is 0 Å². The summed E-state index contributed by atoms with van der Waals surface area (Å²) in [5.74, 6) is 0.738. The van der Waals surface area contributed by atoms with Crippen LogP contribution in [0.5, 0.6) is 0 Å². The maximum Gasteiger partial charge on any atom is 0.107 e. The lowest BCUT2D eigenvalue weighted by Crippen LogP contribution is -2.37. The van der Waals surface area contributed by atoms with E-state index in [-0.39, 0.29) is 12.1 Å². The molecule has 0 saturated heterocycles. The smallest absolute Gasteiger partial charge is 0.107 e. The van der Waals surface area contributed by atoms with Crippen LogP contribution in [0.2, 0.25) is 0 Å². The lowest BCUT2D eigenvalue weighted by atomic mass is 9.71. The quantitative estimate of drug-likeness (QED) is 0.824. The van der Waals surface area contributed by atoms with Gasteiger partial charge in [-0.15, -0.1) is 11.3 Å². The summed E-state index contributed by atoms with van der Waals surface area (Å²) in [5.41, 5.74) is 8.08. The Kier molecular flexibility index (Phi) is 5.50. The monoisotopic (exact) mass is 309 g/mol. The summed E-state index contributed by atoms with van der Waals surface area (Å²) in [4.78, 5) is 1.32. The highest BCUT2D eigenvalue weighted by atomic mass is 32.1. The molecular formula is C18H31NOS. The zero-order valence-electron chi connectivity index (χ0n) is 14.2. The van der Waals surface area contributed by atoms with Gasteiger partial charge in [-0.1, -0.05) is 27.7 Å². The molecule has 1 aromatic rings. The van der Waals surface area contributed by atoms with E-state index in [1.807, 2.05) is 0 Å². The average molecular weight is 310 g/mol. The van der Waals surface area contributed by atoms with Crippen molar-refractivity contribution < 1.29 is 4.74 Å². The van der Waals surface area contributed by atoms with Crippen molar-refractivity contribution in [2.75, 3.05) is 0 Å². The number of aryl methyl sites for hydroxylation is 1. The predicted octanol–water partition coefficient (Wildman–Crippen LogP) is 5.07. The molecule has 1 saturated carbocycles. The van der Waals surface area contributed by atoms with Crippen LogP contribution in [-0.4, -0.2) is 12.1 Å². The molecule has 0 bridgehead atoms. The summed E-state index contributed by atoms with van der Waals surface area (Å²) in [6, 6.07) is 2.26. The van der Waals surface area contributed by atoms with Crippen molar-refractivity contribution in [3.8, 4) is 0 Å². The van der Waals surface area contributed by atoms with Crippen molar-refractivity contribution >= 4 is 11.3 Å². The van der Waals surface area contributed by atoms with Crippen LogP contribution in [0.3, 0.4) is 0 Å². The lowest BCUT2D eigenvalue weighted by molar-refractivity contribution is -0.0749. The van der Waals surface area contributed by atoms with E-state index in [0.717, 1.165) is 18.8 Å². The van der Waals surface area contributed by atoms with Gasteiger partial charge in [0.2, 0.25) is 0 Å². The summed E-state index contributed by atoms with van der Waals surface area (Å²) in [5, 5.41) is 2.15. The number of thiophene rings is 1. The van der Waals surface area contributed by atoms with Crippen LogP contribution in [0.15, 0.2) is 11.4 Å². The minimum absolute atomic E-state index is 0.0566. The van der Waals surface area contributed by atoms with Gasteiger partial charge in [0.15, 0.2) is 0 Å². The van der Waals surface area contributed by atoms with Crippen molar-refractivity contribution in [3.63, 3.8) is 0 Å². The summed E-state index contributed by atoms with van der Waals surface area (Å²) < 4.78 is 6.56. The number of rotatable bonds is 5. The molecule has 21 heavy (non-hydrogen) atoms. The van der Waals surface area contributed by atoms with E-state index >= 15 is 0 Å². The topological polar surface area (TPSA) is 35.2 Å². The van der Waals surface area contributed by atoms with E-state index < -0.39 is 0 Å². The zero-order chi connectivity index (χ0) is 15.6. The van der Waals surface area contributed by atoms with Gasteiger partial charge in [0.1, 0.15) is 6.10 Å². The van der Waals surface area contributed by atoms with Crippen LogP contribution in [0.25, 0.3) is 0 Å². The summed E-state index contributed by atoms with van der Waals surface area (Å²) in [6.45, 7) is 11.4. The van der Waals surface area contributed by atoms with E-state index in [2.05, 4.69) is 46.1 Å². The van der Waals surface area contributed by atoms with E-state index in [1.165, 1.54) is 23.3 Å². The highest BCUT2D eigenvalue weighted by molar-refractivity contribution is 7.10. The van der Waals surface area contributed by atoms with Crippen LogP contribution >= 0.6 is 11.3 Å². The Balaban J connectivity index is 2.14. The van der Waals surface area contributed by atoms with E-state index in [0.29, 0.717) is 11.5 Å². The average Bonchev–Trinajstić information content (AvgIpc) is 2.79. The molecular weight excluding hydrogens is 278 g/mol. The van der Waals surface area contributed by atoms with Gasteiger partial charge < -0.3 is 10.5 Å². The highest BCUT2D eigenvalue weighted by Gasteiger charge is 2.35. The number of hydrogen-bond donors (Lipinski definition) is 1. The first-order chi connectivity index (χ1) is 9.82. The third-order valence-corrected chi connectivity index (χ3v) is 5.79. The largest absolute Gasteiger partial charge is 0.368 e. The van der Waals surface area contributed by atoms with Crippen molar-refractivity contribution in [3.05, 3.63) is 21.9 Å². The van der Waals surface area contributed by atoms with Crippen molar-refractivity contribution in [2.45, 2.75) is 78.6 Å². The van der Waals surface area contributed by atoms with Crippen molar-refractivity contribution in [1.82, 2.24) is 0 Å². The van der Waals surface area contributed by atoms with Gasteiger partial charge in [0.25, 0.3) is 0 Å². The molecule has 0 radical (unpaired) electrons. The Morgan fingerprint density at radius 1 is 1.43 bits per heavy atom. The molecule has 2 nitrogen and oxygen atoms in total. The third kappa shape index (κ3) is 4.30. The van der Waals surface area contributed by atoms with Gasteiger partial charge in [0, 0.05) is 10.9 Å². The van der Waals surface area contributed by atoms with Crippen LogP contribution in [0, 0.1) is 18.3 Å². The van der Waals surface area contributed by atoms with Gasteiger partial charge in [0.05, 0.1) is 6.10 Å². The molecule has 0 aromatic carbocycles. The molecule has 0 aliphatic heterocycles. The molecule has 1 aromatic heterocycles. The van der Waals surface area contributed by atoms with Crippen LogP contribution < -0.4 is 5.73 Å². The number of hydrogen-bond acceptors (Lipinski definition) is 3. The molecule has 2 rings (SSSR count). The Morgan fingerprint density at radius 2 is 2.14 bits per heavy atom. The van der Waals surface area contributed by atoms with Crippen molar-refractivity contribution in [2.24, 2.45) is 17.1 Å². The van der Waals surface area contributed by atoms with Crippen molar-refractivity contribution in [1.29, 1.82) is 0 Å². The molecule has 1 heterocycles.